The first-order chi connectivity index (χ1) is 23.4. The van der Waals surface area contributed by atoms with Gasteiger partial charge in [0.2, 0.25) is 5.91 Å². The molecule has 14 heteroatoms. The molecule has 0 spiro atoms. The molecule has 1 aliphatic rings. The molecule has 0 aliphatic heterocycles. The van der Waals surface area contributed by atoms with Gasteiger partial charge in [-0.2, -0.15) is 0 Å². The number of carbonyl (C=O) groups is 2. The van der Waals surface area contributed by atoms with Crippen molar-refractivity contribution in [2.75, 3.05) is 0 Å². The number of halogens is 2. The summed E-state index contributed by atoms with van der Waals surface area (Å²) in [7, 11) is 0. The van der Waals surface area contributed by atoms with Gasteiger partial charge >= 0.3 is 0 Å². The fraction of sp³-hybridized carbons (Fsp3) is 0.147. The monoisotopic (exact) mass is 661 g/mol. The zero-order chi connectivity index (χ0) is 32.8. The normalized spacial score (nSPS) is 15.8. The number of hydrogen-bond acceptors (Lipinski definition) is 8. The van der Waals surface area contributed by atoms with Crippen molar-refractivity contribution in [3.05, 3.63) is 114 Å². The summed E-state index contributed by atoms with van der Waals surface area (Å²) in [6.45, 7) is 0.0884. The SMILES string of the molecule is O=C(NC1CC(C(=O)NCc2c(-c3ccc(F)cc3)nc3ccc(F)cn23)C1)c1cncc(-n2cc(-c3nc4ccccc4s3)nn2)c1. The molecule has 0 unspecified atom stereocenters. The number of thiazole rings is 1. The van der Waals surface area contributed by atoms with Gasteiger partial charge in [0.25, 0.3) is 5.91 Å². The molecule has 11 nitrogen and oxygen atoms in total. The minimum absolute atomic E-state index is 0.0884. The van der Waals surface area contributed by atoms with Gasteiger partial charge in [0.1, 0.15) is 28.0 Å². The minimum Gasteiger partial charge on any atom is -0.350 e. The quantitative estimate of drug-likeness (QED) is 0.224. The van der Waals surface area contributed by atoms with E-state index in [0.717, 1.165) is 15.2 Å². The molecule has 2 amide bonds. The molecule has 7 aromatic rings. The van der Waals surface area contributed by atoms with Crippen molar-refractivity contribution in [2.24, 2.45) is 5.92 Å². The first kappa shape index (κ1) is 29.5. The number of carbonyl (C=O) groups excluding carboxylic acids is 2. The second-order valence-corrected chi connectivity index (χ2v) is 12.5. The summed E-state index contributed by atoms with van der Waals surface area (Å²) in [5, 5.41) is 15.1. The molecule has 0 bridgehead atoms. The van der Waals surface area contributed by atoms with Gasteiger partial charge in [0.05, 0.1) is 51.8 Å². The first-order valence-corrected chi connectivity index (χ1v) is 15.9. The number of nitrogens with zero attached hydrogens (tertiary/aromatic N) is 7. The average molecular weight is 662 g/mol. The predicted octanol–water partition coefficient (Wildman–Crippen LogP) is 5.36. The molecule has 0 atom stereocenters. The van der Waals surface area contributed by atoms with Gasteiger partial charge in [0, 0.05) is 29.9 Å². The summed E-state index contributed by atoms with van der Waals surface area (Å²) in [4.78, 5) is 39.6. The van der Waals surface area contributed by atoms with E-state index in [2.05, 4.69) is 35.9 Å². The van der Waals surface area contributed by atoms with Crippen molar-refractivity contribution < 1.29 is 18.4 Å². The molecule has 0 saturated heterocycles. The highest BCUT2D eigenvalue weighted by atomic mass is 32.1. The highest BCUT2D eigenvalue weighted by molar-refractivity contribution is 7.21. The largest absolute Gasteiger partial charge is 0.350 e. The van der Waals surface area contributed by atoms with Gasteiger partial charge in [-0.15, -0.1) is 16.4 Å². The van der Waals surface area contributed by atoms with Crippen LogP contribution in [-0.2, 0) is 11.3 Å². The van der Waals surface area contributed by atoms with Gasteiger partial charge in [-0.3, -0.25) is 19.0 Å². The number of aromatic nitrogens is 7. The lowest BCUT2D eigenvalue weighted by atomic mass is 9.79. The van der Waals surface area contributed by atoms with Crippen LogP contribution in [-0.4, -0.2) is 52.2 Å². The molecular formula is C34H25F2N9O2S. The van der Waals surface area contributed by atoms with E-state index in [9.17, 15) is 18.4 Å². The summed E-state index contributed by atoms with van der Waals surface area (Å²) in [6.07, 6.45) is 7.05. The van der Waals surface area contributed by atoms with E-state index in [1.165, 1.54) is 41.9 Å². The molecule has 1 aliphatic carbocycles. The number of fused-ring (bicyclic) bond motifs is 2. The van der Waals surface area contributed by atoms with Crippen LogP contribution in [0.25, 0.3) is 43.5 Å². The third-order valence-electron chi connectivity index (χ3n) is 8.33. The summed E-state index contributed by atoms with van der Waals surface area (Å²) in [5.74, 6) is -1.63. The number of nitrogens with one attached hydrogen (secondary N) is 2. The zero-order valence-electron chi connectivity index (χ0n) is 25.0. The summed E-state index contributed by atoms with van der Waals surface area (Å²) < 4.78 is 31.9. The van der Waals surface area contributed by atoms with Gasteiger partial charge in [-0.1, -0.05) is 17.3 Å². The van der Waals surface area contributed by atoms with Crippen molar-refractivity contribution >= 4 is 39.0 Å². The molecule has 2 aromatic carbocycles. The fourth-order valence-corrected chi connectivity index (χ4v) is 6.67. The molecule has 238 valence electrons. The van der Waals surface area contributed by atoms with E-state index in [1.807, 2.05) is 24.3 Å². The Hall–Kier alpha value is -5.89. The highest BCUT2D eigenvalue weighted by Gasteiger charge is 2.35. The minimum atomic E-state index is -0.452. The van der Waals surface area contributed by atoms with Crippen LogP contribution in [0.4, 0.5) is 8.78 Å². The molecular weight excluding hydrogens is 636 g/mol. The third-order valence-corrected chi connectivity index (χ3v) is 9.39. The molecule has 8 rings (SSSR count). The summed E-state index contributed by atoms with van der Waals surface area (Å²) >= 11 is 1.52. The number of imidazole rings is 1. The van der Waals surface area contributed by atoms with E-state index in [1.54, 1.807) is 45.7 Å². The maximum Gasteiger partial charge on any atom is 0.253 e. The average Bonchev–Trinajstić information content (AvgIpc) is 3.82. The van der Waals surface area contributed by atoms with Crippen LogP contribution in [0.5, 0.6) is 0 Å². The second-order valence-electron chi connectivity index (χ2n) is 11.5. The maximum absolute atomic E-state index is 14.1. The van der Waals surface area contributed by atoms with E-state index < -0.39 is 5.82 Å². The summed E-state index contributed by atoms with van der Waals surface area (Å²) in [5.41, 5.74) is 4.67. The molecule has 1 fully saturated rings. The second kappa shape index (κ2) is 12.0. The third kappa shape index (κ3) is 5.66. The number of para-hydroxylation sites is 1. The van der Waals surface area contributed by atoms with Crippen LogP contribution in [0, 0.1) is 17.6 Å². The van der Waals surface area contributed by atoms with Crippen LogP contribution in [0.3, 0.4) is 0 Å². The Kier molecular flexibility index (Phi) is 7.40. The van der Waals surface area contributed by atoms with Crippen molar-refractivity contribution in [1.29, 1.82) is 0 Å². The van der Waals surface area contributed by atoms with Crippen molar-refractivity contribution in [3.63, 3.8) is 0 Å². The Morgan fingerprint density at radius 3 is 2.58 bits per heavy atom. The number of hydrogen-bond donors (Lipinski definition) is 2. The van der Waals surface area contributed by atoms with Crippen LogP contribution >= 0.6 is 11.3 Å². The van der Waals surface area contributed by atoms with Crippen LogP contribution in [0.2, 0.25) is 0 Å². The lowest BCUT2D eigenvalue weighted by Crippen LogP contribution is -2.49. The number of rotatable bonds is 8. The molecule has 1 saturated carbocycles. The van der Waals surface area contributed by atoms with Crippen LogP contribution in [0.1, 0.15) is 28.9 Å². The Morgan fingerprint density at radius 2 is 1.75 bits per heavy atom. The van der Waals surface area contributed by atoms with Crippen molar-refractivity contribution in [1.82, 2.24) is 45.0 Å². The Morgan fingerprint density at radius 1 is 0.938 bits per heavy atom. The Balaban J connectivity index is 0.893. The standard InChI is InChI=1S/C34H25F2N9O2S/c35-22-7-5-19(6-8-22)31-28(44-17-23(36)9-10-30(44)41-31)16-38-32(46)20-11-24(12-20)39-33(47)21-13-25(15-37-14-21)45-18-27(42-43-45)34-40-26-3-1-2-4-29(26)48-34/h1-10,13-15,17-18,20,24H,11-12,16H2,(H,38,46)(H,39,47). The molecule has 48 heavy (non-hydrogen) atoms. The lowest BCUT2D eigenvalue weighted by molar-refractivity contribution is -0.128. The number of pyridine rings is 2. The van der Waals surface area contributed by atoms with Crippen LogP contribution in [0.15, 0.2) is 91.5 Å². The topological polar surface area (TPSA) is 132 Å². The number of benzene rings is 2. The Bertz CT molecular complexity index is 2290. The maximum atomic E-state index is 14.1. The van der Waals surface area contributed by atoms with Gasteiger partial charge in [-0.05, 0) is 67.4 Å². The van der Waals surface area contributed by atoms with Gasteiger partial charge in [0.15, 0.2) is 0 Å². The molecule has 5 aromatic heterocycles. The number of amides is 2. The van der Waals surface area contributed by atoms with Gasteiger partial charge in [-0.25, -0.2) is 23.4 Å². The fourth-order valence-electron chi connectivity index (χ4n) is 5.76. The van der Waals surface area contributed by atoms with E-state index in [4.69, 9.17) is 0 Å². The van der Waals surface area contributed by atoms with Crippen molar-refractivity contribution in [3.8, 4) is 27.6 Å². The Labute approximate surface area is 275 Å². The molecule has 5 heterocycles. The molecule has 0 radical (unpaired) electrons. The summed E-state index contributed by atoms with van der Waals surface area (Å²) in [6, 6.07) is 18.0. The smallest absolute Gasteiger partial charge is 0.253 e. The van der Waals surface area contributed by atoms with E-state index >= 15 is 0 Å². The van der Waals surface area contributed by atoms with E-state index in [0.29, 0.717) is 52.4 Å². The van der Waals surface area contributed by atoms with E-state index in [-0.39, 0.29) is 36.1 Å². The molecule has 2 N–H and O–H groups in total. The zero-order valence-corrected chi connectivity index (χ0v) is 25.9. The van der Waals surface area contributed by atoms with Crippen molar-refractivity contribution in [2.45, 2.75) is 25.4 Å². The lowest BCUT2D eigenvalue weighted by Gasteiger charge is -2.34. The highest BCUT2D eigenvalue weighted by Crippen LogP contribution is 2.31. The van der Waals surface area contributed by atoms with Gasteiger partial charge < -0.3 is 10.6 Å². The first-order valence-electron chi connectivity index (χ1n) is 15.1. The predicted molar refractivity (Wildman–Crippen MR) is 174 cm³/mol. The van der Waals surface area contributed by atoms with Crippen LogP contribution < -0.4 is 10.6 Å².